The summed E-state index contributed by atoms with van der Waals surface area (Å²) in [5.41, 5.74) is 0.921. The summed E-state index contributed by atoms with van der Waals surface area (Å²) in [5.74, 6) is -0.155. The van der Waals surface area contributed by atoms with Crippen molar-refractivity contribution >= 4 is 49.6 Å². The Balaban J connectivity index is 1.26. The van der Waals surface area contributed by atoms with Crippen molar-refractivity contribution in [1.29, 1.82) is 0 Å². The zero-order valence-corrected chi connectivity index (χ0v) is 20.8. The van der Waals surface area contributed by atoms with Crippen molar-refractivity contribution < 1.29 is 18.3 Å². The molecule has 2 aliphatic rings. The van der Waals surface area contributed by atoms with E-state index in [0.29, 0.717) is 42.5 Å². The summed E-state index contributed by atoms with van der Waals surface area (Å²) >= 11 is 7.42. The molecule has 1 atom stereocenters. The third kappa shape index (κ3) is 4.58. The Kier molecular flexibility index (Phi) is 6.62. The van der Waals surface area contributed by atoms with E-state index in [1.54, 1.807) is 35.2 Å². The molecule has 3 aromatic rings. The standard InChI is InChI=1S/C23H25ClN4O4S2/c24-17-3-1-16-12-19(4-2-15(16)11-17)34(31,32)28-8-6-27(7-9-28)23(30)22-26-20-13-18(5-10-29)25-14-21(20)33-22/h1-4,11-12,18,25,29H,5-10,13-14H2. The lowest BCUT2D eigenvalue weighted by atomic mass is 10.0. The van der Waals surface area contributed by atoms with Crippen LogP contribution in [-0.4, -0.2) is 72.4 Å². The number of thiazole rings is 1. The van der Waals surface area contributed by atoms with E-state index in [0.717, 1.165) is 21.3 Å². The van der Waals surface area contributed by atoms with E-state index in [4.69, 9.17) is 16.7 Å². The van der Waals surface area contributed by atoms with Crippen LogP contribution in [0.1, 0.15) is 26.8 Å². The third-order valence-electron chi connectivity index (χ3n) is 6.37. The highest BCUT2D eigenvalue weighted by Gasteiger charge is 2.32. The fraction of sp³-hybridized carbons (Fsp3) is 0.391. The fourth-order valence-electron chi connectivity index (χ4n) is 4.45. The molecule has 0 saturated carbocycles. The first-order valence-corrected chi connectivity index (χ1v) is 13.8. The SMILES string of the molecule is O=C(c1nc2c(s1)CNC(CCO)C2)N1CCN(S(=O)(=O)c2ccc3cc(Cl)ccc3c2)CC1. The zero-order valence-electron chi connectivity index (χ0n) is 18.4. The first-order chi connectivity index (χ1) is 16.3. The van der Waals surface area contributed by atoms with Crippen LogP contribution in [0.2, 0.25) is 5.02 Å². The highest BCUT2D eigenvalue weighted by Crippen LogP contribution is 2.27. The van der Waals surface area contributed by atoms with Gasteiger partial charge in [0.2, 0.25) is 10.0 Å². The number of amides is 1. The topological polar surface area (TPSA) is 103 Å². The number of halogens is 1. The molecule has 1 aromatic heterocycles. The van der Waals surface area contributed by atoms with Crippen LogP contribution in [-0.2, 0) is 23.0 Å². The smallest absolute Gasteiger partial charge is 0.282 e. The van der Waals surface area contributed by atoms with Crippen LogP contribution in [0, 0.1) is 0 Å². The summed E-state index contributed by atoms with van der Waals surface area (Å²) in [6, 6.07) is 10.5. The number of nitrogens with zero attached hydrogens (tertiary/aromatic N) is 3. The van der Waals surface area contributed by atoms with Gasteiger partial charge in [0, 0.05) is 61.7 Å². The molecule has 180 valence electrons. The van der Waals surface area contributed by atoms with E-state index >= 15 is 0 Å². The maximum Gasteiger partial charge on any atom is 0.282 e. The maximum atomic E-state index is 13.2. The van der Waals surface area contributed by atoms with Crippen molar-refractivity contribution in [3.63, 3.8) is 0 Å². The van der Waals surface area contributed by atoms with Gasteiger partial charge >= 0.3 is 0 Å². The second kappa shape index (κ2) is 9.52. The number of benzene rings is 2. The first-order valence-electron chi connectivity index (χ1n) is 11.2. The first kappa shape index (κ1) is 23.7. The molecule has 1 saturated heterocycles. The lowest BCUT2D eigenvalue weighted by Gasteiger charge is -2.33. The van der Waals surface area contributed by atoms with Gasteiger partial charge < -0.3 is 15.3 Å². The van der Waals surface area contributed by atoms with Crippen LogP contribution in [0.4, 0.5) is 0 Å². The number of rotatable bonds is 5. The largest absolute Gasteiger partial charge is 0.396 e. The summed E-state index contributed by atoms with van der Waals surface area (Å²) in [7, 11) is -3.67. The number of aliphatic hydroxyl groups is 1. The molecule has 1 amide bonds. The van der Waals surface area contributed by atoms with E-state index in [1.165, 1.54) is 15.6 Å². The molecule has 0 radical (unpaired) electrons. The van der Waals surface area contributed by atoms with E-state index in [9.17, 15) is 13.2 Å². The Hall–Kier alpha value is -2.08. The quantitative estimate of drug-likeness (QED) is 0.536. The van der Waals surface area contributed by atoms with Crippen LogP contribution in [0.25, 0.3) is 10.8 Å². The molecule has 2 N–H and O–H groups in total. The number of carbonyl (C=O) groups excluding carboxylic acids is 1. The molecule has 34 heavy (non-hydrogen) atoms. The predicted molar refractivity (Wildman–Crippen MR) is 132 cm³/mol. The Morgan fingerprint density at radius 1 is 1.15 bits per heavy atom. The van der Waals surface area contributed by atoms with Crippen molar-refractivity contribution in [2.45, 2.75) is 30.3 Å². The van der Waals surface area contributed by atoms with Gasteiger partial charge in [-0.1, -0.05) is 23.7 Å². The molecule has 0 bridgehead atoms. The van der Waals surface area contributed by atoms with Gasteiger partial charge in [-0.15, -0.1) is 11.3 Å². The van der Waals surface area contributed by atoms with Gasteiger partial charge in [0.1, 0.15) is 0 Å². The summed E-state index contributed by atoms with van der Waals surface area (Å²) in [4.78, 5) is 20.6. The maximum absolute atomic E-state index is 13.2. The lowest BCUT2D eigenvalue weighted by molar-refractivity contribution is 0.0697. The molecular formula is C23H25ClN4O4S2. The summed E-state index contributed by atoms with van der Waals surface area (Å²) < 4.78 is 27.9. The molecular weight excluding hydrogens is 496 g/mol. The Morgan fingerprint density at radius 2 is 1.88 bits per heavy atom. The van der Waals surface area contributed by atoms with Gasteiger partial charge in [-0.2, -0.15) is 4.31 Å². The van der Waals surface area contributed by atoms with Crippen LogP contribution in [0.5, 0.6) is 0 Å². The number of sulfonamides is 1. The number of nitrogens with one attached hydrogen (secondary N) is 1. The summed E-state index contributed by atoms with van der Waals surface area (Å²) in [6.45, 7) is 1.86. The summed E-state index contributed by atoms with van der Waals surface area (Å²) in [5, 5.41) is 15.3. The highest BCUT2D eigenvalue weighted by atomic mass is 35.5. The third-order valence-corrected chi connectivity index (χ3v) is 9.58. The van der Waals surface area contributed by atoms with Crippen LogP contribution in [0.15, 0.2) is 41.3 Å². The van der Waals surface area contributed by atoms with Crippen molar-refractivity contribution in [2.24, 2.45) is 0 Å². The number of carbonyl (C=O) groups is 1. The minimum atomic E-state index is -3.67. The van der Waals surface area contributed by atoms with Crippen molar-refractivity contribution in [2.75, 3.05) is 32.8 Å². The van der Waals surface area contributed by atoms with Gasteiger partial charge in [0.15, 0.2) is 5.01 Å². The molecule has 3 heterocycles. The molecule has 2 aliphatic heterocycles. The molecule has 0 aliphatic carbocycles. The van der Waals surface area contributed by atoms with Gasteiger partial charge in [0.05, 0.1) is 10.6 Å². The second-order valence-electron chi connectivity index (χ2n) is 8.53. The Morgan fingerprint density at radius 3 is 2.65 bits per heavy atom. The van der Waals surface area contributed by atoms with Gasteiger partial charge in [-0.3, -0.25) is 4.79 Å². The van der Waals surface area contributed by atoms with Gasteiger partial charge in [0.25, 0.3) is 5.91 Å². The van der Waals surface area contributed by atoms with Crippen LogP contribution >= 0.6 is 22.9 Å². The zero-order chi connectivity index (χ0) is 23.9. The lowest BCUT2D eigenvalue weighted by Crippen LogP contribution is -2.50. The highest BCUT2D eigenvalue weighted by molar-refractivity contribution is 7.89. The van der Waals surface area contributed by atoms with E-state index in [2.05, 4.69) is 10.3 Å². The average molecular weight is 521 g/mol. The predicted octanol–water partition coefficient (Wildman–Crippen LogP) is 2.49. The molecule has 0 spiro atoms. The number of piperazine rings is 1. The molecule has 11 heteroatoms. The van der Waals surface area contributed by atoms with Gasteiger partial charge in [-0.05, 0) is 41.5 Å². The van der Waals surface area contributed by atoms with Crippen molar-refractivity contribution in [3.8, 4) is 0 Å². The average Bonchev–Trinajstić information content (AvgIpc) is 3.27. The number of fused-ring (bicyclic) bond motifs is 2. The van der Waals surface area contributed by atoms with Crippen LogP contribution < -0.4 is 5.32 Å². The molecule has 1 fully saturated rings. The van der Waals surface area contributed by atoms with Crippen LogP contribution in [0.3, 0.4) is 0 Å². The Labute approximate surface area is 207 Å². The number of aromatic nitrogens is 1. The fourth-order valence-corrected chi connectivity index (χ4v) is 7.09. The van der Waals surface area contributed by atoms with E-state index in [1.807, 2.05) is 6.07 Å². The number of aliphatic hydroxyl groups excluding tert-OH is 1. The normalized spacial score (nSPS) is 19.4. The van der Waals surface area contributed by atoms with E-state index < -0.39 is 10.0 Å². The number of hydrogen-bond donors (Lipinski definition) is 2. The monoisotopic (exact) mass is 520 g/mol. The molecule has 5 rings (SSSR count). The van der Waals surface area contributed by atoms with Gasteiger partial charge in [-0.25, -0.2) is 13.4 Å². The van der Waals surface area contributed by atoms with E-state index in [-0.39, 0.29) is 36.5 Å². The minimum Gasteiger partial charge on any atom is -0.396 e. The molecule has 8 nitrogen and oxygen atoms in total. The second-order valence-corrected chi connectivity index (χ2v) is 12.0. The number of hydrogen-bond acceptors (Lipinski definition) is 7. The van der Waals surface area contributed by atoms with Crippen molar-refractivity contribution in [3.05, 3.63) is 57.0 Å². The molecule has 2 aromatic carbocycles. The molecule has 1 unspecified atom stereocenters. The van der Waals surface area contributed by atoms with Crippen molar-refractivity contribution in [1.82, 2.24) is 19.5 Å². The Bertz CT molecular complexity index is 1340. The minimum absolute atomic E-state index is 0.115. The summed E-state index contributed by atoms with van der Waals surface area (Å²) in [6.07, 6.45) is 1.35.